The highest BCUT2D eigenvalue weighted by molar-refractivity contribution is 6.30. The molecule has 32 heavy (non-hydrogen) atoms. The van der Waals surface area contributed by atoms with Gasteiger partial charge in [-0.25, -0.2) is 5.43 Å². The van der Waals surface area contributed by atoms with Crippen molar-refractivity contribution < 1.29 is 14.6 Å². The Kier molecular flexibility index (Phi) is 6.48. The average molecular weight is 447 g/mol. The number of H-pyrrole nitrogens is 1. The van der Waals surface area contributed by atoms with Gasteiger partial charge in [0.15, 0.2) is 0 Å². The Morgan fingerprint density at radius 2 is 1.91 bits per heavy atom. The van der Waals surface area contributed by atoms with Crippen molar-refractivity contribution in [2.75, 3.05) is 0 Å². The van der Waals surface area contributed by atoms with Gasteiger partial charge in [0.25, 0.3) is 5.91 Å². The molecule has 0 bridgehead atoms. The highest BCUT2D eigenvalue weighted by Gasteiger charge is 2.11. The van der Waals surface area contributed by atoms with E-state index in [1.807, 2.05) is 48.5 Å². The molecule has 0 aliphatic rings. The van der Waals surface area contributed by atoms with Crippen molar-refractivity contribution in [1.29, 1.82) is 0 Å². The molecule has 7 nitrogen and oxygen atoms in total. The van der Waals surface area contributed by atoms with Crippen molar-refractivity contribution in [2.24, 2.45) is 5.10 Å². The maximum absolute atomic E-state index is 12.3. The van der Waals surface area contributed by atoms with Gasteiger partial charge in [0, 0.05) is 10.6 Å². The third-order valence-electron chi connectivity index (χ3n) is 4.52. The standard InChI is InChI=1S/C24H19ClN4O3/c25-19-9-7-16(8-10-19)15-32-21-6-2-4-18(12-21)22-13-23(28-27-22)24(31)29-26-14-17-3-1-5-20(30)11-17/h1-14,30H,15H2,(H,27,28)(H,29,31). The molecule has 1 amide bonds. The summed E-state index contributed by atoms with van der Waals surface area (Å²) in [7, 11) is 0. The normalized spacial score (nSPS) is 10.9. The molecule has 0 saturated heterocycles. The molecule has 4 aromatic rings. The second kappa shape index (κ2) is 9.80. The summed E-state index contributed by atoms with van der Waals surface area (Å²) in [6, 6.07) is 23.1. The van der Waals surface area contributed by atoms with E-state index < -0.39 is 5.91 Å². The lowest BCUT2D eigenvalue weighted by molar-refractivity contribution is 0.0950. The monoisotopic (exact) mass is 446 g/mol. The highest BCUT2D eigenvalue weighted by Crippen LogP contribution is 2.24. The first-order valence-electron chi connectivity index (χ1n) is 9.72. The molecule has 0 saturated carbocycles. The number of aromatic nitrogens is 2. The number of aromatic amines is 1. The number of nitrogens with zero attached hydrogens (tertiary/aromatic N) is 2. The van der Waals surface area contributed by atoms with Gasteiger partial charge in [-0.05, 0) is 53.6 Å². The molecule has 4 rings (SSSR count). The zero-order valence-corrected chi connectivity index (χ0v) is 17.6. The average Bonchev–Trinajstić information content (AvgIpc) is 3.30. The minimum Gasteiger partial charge on any atom is -0.508 e. The largest absolute Gasteiger partial charge is 0.508 e. The molecule has 0 aliphatic heterocycles. The zero-order chi connectivity index (χ0) is 22.3. The fourth-order valence-electron chi connectivity index (χ4n) is 2.91. The van der Waals surface area contributed by atoms with Gasteiger partial charge in [-0.3, -0.25) is 9.89 Å². The van der Waals surface area contributed by atoms with Gasteiger partial charge in [-0.15, -0.1) is 0 Å². The van der Waals surface area contributed by atoms with Gasteiger partial charge < -0.3 is 9.84 Å². The molecule has 0 fully saturated rings. The lowest BCUT2D eigenvalue weighted by Gasteiger charge is -2.07. The number of benzene rings is 3. The van der Waals surface area contributed by atoms with Gasteiger partial charge in [-0.1, -0.05) is 48.0 Å². The summed E-state index contributed by atoms with van der Waals surface area (Å²) in [5.74, 6) is 0.371. The van der Waals surface area contributed by atoms with Gasteiger partial charge >= 0.3 is 0 Å². The summed E-state index contributed by atoms with van der Waals surface area (Å²) in [6.45, 7) is 0.409. The molecule has 8 heteroatoms. The van der Waals surface area contributed by atoms with E-state index in [1.54, 1.807) is 24.3 Å². The van der Waals surface area contributed by atoms with Crippen LogP contribution in [0.25, 0.3) is 11.3 Å². The number of nitrogens with one attached hydrogen (secondary N) is 2. The van der Waals surface area contributed by atoms with Gasteiger partial charge in [0.1, 0.15) is 23.8 Å². The number of hydrogen-bond donors (Lipinski definition) is 3. The predicted molar refractivity (Wildman–Crippen MR) is 123 cm³/mol. The summed E-state index contributed by atoms with van der Waals surface area (Å²) < 4.78 is 5.85. The second-order valence-electron chi connectivity index (χ2n) is 6.90. The van der Waals surface area contributed by atoms with Crippen LogP contribution < -0.4 is 10.2 Å². The van der Waals surface area contributed by atoms with Crippen molar-refractivity contribution in [3.63, 3.8) is 0 Å². The Bertz CT molecular complexity index is 1250. The summed E-state index contributed by atoms with van der Waals surface area (Å²) in [6.07, 6.45) is 1.44. The first-order valence-corrected chi connectivity index (χ1v) is 10.1. The molecule has 160 valence electrons. The van der Waals surface area contributed by atoms with E-state index in [1.165, 1.54) is 12.3 Å². The van der Waals surface area contributed by atoms with E-state index in [2.05, 4.69) is 20.7 Å². The molecular formula is C24H19ClN4O3. The van der Waals surface area contributed by atoms with Crippen LogP contribution in [0.15, 0.2) is 84.0 Å². The number of phenols is 1. The zero-order valence-electron chi connectivity index (χ0n) is 16.8. The van der Waals surface area contributed by atoms with Crippen molar-refractivity contribution in [2.45, 2.75) is 6.61 Å². The van der Waals surface area contributed by atoms with Crippen molar-refractivity contribution in [3.8, 4) is 22.8 Å². The summed E-state index contributed by atoms with van der Waals surface area (Å²) in [4.78, 5) is 12.3. The molecule has 0 radical (unpaired) electrons. The molecule has 1 aromatic heterocycles. The molecule has 1 heterocycles. The quantitative estimate of drug-likeness (QED) is 0.281. The SMILES string of the molecule is O=C(NN=Cc1cccc(O)c1)c1cc(-c2cccc(OCc3ccc(Cl)cc3)c2)n[nH]1. The minimum absolute atomic E-state index is 0.123. The molecule has 0 aliphatic carbocycles. The van der Waals surface area contributed by atoms with E-state index in [9.17, 15) is 9.90 Å². The topological polar surface area (TPSA) is 99.6 Å². The Morgan fingerprint density at radius 1 is 1.09 bits per heavy atom. The number of phenolic OH excluding ortho intramolecular Hbond substituents is 1. The molecule has 3 N–H and O–H groups in total. The van der Waals surface area contributed by atoms with E-state index in [0.29, 0.717) is 28.6 Å². The number of aromatic hydroxyl groups is 1. The lowest BCUT2D eigenvalue weighted by atomic mass is 10.1. The van der Waals surface area contributed by atoms with Gasteiger partial charge in [0.05, 0.1) is 11.9 Å². The van der Waals surface area contributed by atoms with Crippen LogP contribution in [0.2, 0.25) is 5.02 Å². The van der Waals surface area contributed by atoms with E-state index in [-0.39, 0.29) is 11.4 Å². The Hall–Kier alpha value is -4.10. The fraction of sp³-hybridized carbons (Fsp3) is 0.0417. The number of carbonyl (C=O) groups is 1. The first-order chi connectivity index (χ1) is 15.6. The number of amides is 1. The third kappa shape index (κ3) is 5.53. The minimum atomic E-state index is -0.435. The van der Waals surface area contributed by atoms with Crippen molar-refractivity contribution in [3.05, 3.63) is 101 Å². The van der Waals surface area contributed by atoms with Crippen LogP contribution in [0.3, 0.4) is 0 Å². The predicted octanol–water partition coefficient (Wildman–Crippen LogP) is 4.78. The number of hydrogen-bond acceptors (Lipinski definition) is 5. The number of carbonyl (C=O) groups excluding carboxylic acids is 1. The lowest BCUT2D eigenvalue weighted by Crippen LogP contribution is -2.17. The van der Waals surface area contributed by atoms with Gasteiger partial charge in [0.2, 0.25) is 0 Å². The first kappa shape index (κ1) is 21.1. The van der Waals surface area contributed by atoms with Crippen LogP contribution in [0, 0.1) is 0 Å². The Balaban J connectivity index is 1.38. The maximum Gasteiger partial charge on any atom is 0.289 e. The number of hydrazone groups is 1. The van der Waals surface area contributed by atoms with Gasteiger partial charge in [-0.2, -0.15) is 10.2 Å². The van der Waals surface area contributed by atoms with Crippen LogP contribution >= 0.6 is 11.6 Å². The van der Waals surface area contributed by atoms with E-state index in [0.717, 1.165) is 11.1 Å². The smallest absolute Gasteiger partial charge is 0.289 e. The number of ether oxygens (including phenoxy) is 1. The third-order valence-corrected chi connectivity index (χ3v) is 4.77. The van der Waals surface area contributed by atoms with Crippen molar-refractivity contribution >= 4 is 23.7 Å². The summed E-state index contributed by atoms with van der Waals surface area (Å²) in [5.41, 5.74) is 5.76. The summed E-state index contributed by atoms with van der Waals surface area (Å²) >= 11 is 5.91. The van der Waals surface area contributed by atoms with Crippen LogP contribution in [-0.2, 0) is 6.61 Å². The molecule has 0 spiro atoms. The molecular weight excluding hydrogens is 428 g/mol. The van der Waals surface area contributed by atoms with E-state index in [4.69, 9.17) is 16.3 Å². The number of halogens is 1. The molecule has 3 aromatic carbocycles. The fourth-order valence-corrected chi connectivity index (χ4v) is 3.04. The molecule has 0 unspecified atom stereocenters. The second-order valence-corrected chi connectivity index (χ2v) is 7.34. The summed E-state index contributed by atoms with van der Waals surface area (Å²) in [5, 5.41) is 21.0. The highest BCUT2D eigenvalue weighted by atomic mass is 35.5. The van der Waals surface area contributed by atoms with Crippen molar-refractivity contribution in [1.82, 2.24) is 15.6 Å². The maximum atomic E-state index is 12.3. The Morgan fingerprint density at radius 3 is 2.72 bits per heavy atom. The van der Waals surface area contributed by atoms with Crippen LogP contribution in [0.4, 0.5) is 0 Å². The van der Waals surface area contributed by atoms with Crippen LogP contribution in [-0.4, -0.2) is 27.4 Å². The number of rotatable bonds is 7. The molecule has 0 atom stereocenters. The Labute approximate surface area is 189 Å². The van der Waals surface area contributed by atoms with Crippen LogP contribution in [0.5, 0.6) is 11.5 Å². The van der Waals surface area contributed by atoms with Crippen LogP contribution in [0.1, 0.15) is 21.6 Å². The van der Waals surface area contributed by atoms with E-state index >= 15 is 0 Å².